The molecule has 7 nitrogen and oxygen atoms in total. The quantitative estimate of drug-likeness (QED) is 0.479. The van der Waals surface area contributed by atoms with Gasteiger partial charge in [0, 0.05) is 31.7 Å². The van der Waals surface area contributed by atoms with Gasteiger partial charge in [0.25, 0.3) is 5.91 Å². The Kier molecular flexibility index (Phi) is 5.50. The number of rotatable bonds is 3. The molecule has 0 atom stereocenters. The Morgan fingerprint density at radius 1 is 0.970 bits per heavy atom. The summed E-state index contributed by atoms with van der Waals surface area (Å²) in [5, 5.41) is 5.47. The first-order valence-corrected chi connectivity index (χ1v) is 11.1. The van der Waals surface area contributed by atoms with Crippen LogP contribution in [-0.2, 0) is 0 Å². The fourth-order valence-electron chi connectivity index (χ4n) is 4.25. The number of hydrogen-bond acceptors (Lipinski definition) is 5. The molecule has 0 spiro atoms. The zero-order valence-corrected chi connectivity index (χ0v) is 18.7. The van der Waals surface area contributed by atoms with E-state index in [1.807, 2.05) is 29.9 Å². The Bertz CT molecular complexity index is 1320. The largest absolute Gasteiger partial charge is 0.354 e. The number of benzene rings is 2. The summed E-state index contributed by atoms with van der Waals surface area (Å²) in [4.78, 5) is 26.3. The standard InChI is InChI=1S/C25H25FN6O/c1-17-7-9-21(10-8-17)32-24-22(16-27-32)23(28-18(2)29-24)30-11-4-12-31(14-13-30)25(33)19-5-3-6-20(26)15-19/h3,5-10,15-16H,4,11-14H2,1-2H3. The molecule has 2 aromatic heterocycles. The van der Waals surface area contributed by atoms with Crippen molar-refractivity contribution in [2.24, 2.45) is 0 Å². The van der Waals surface area contributed by atoms with E-state index in [4.69, 9.17) is 4.98 Å². The number of nitrogens with zero attached hydrogens (tertiary/aromatic N) is 6. The van der Waals surface area contributed by atoms with E-state index >= 15 is 0 Å². The van der Waals surface area contributed by atoms with Crippen molar-refractivity contribution >= 4 is 22.8 Å². The molecule has 3 heterocycles. The summed E-state index contributed by atoms with van der Waals surface area (Å²) >= 11 is 0. The third-order valence-corrected chi connectivity index (χ3v) is 5.95. The number of carbonyl (C=O) groups excluding carboxylic acids is 1. The van der Waals surface area contributed by atoms with Crippen molar-refractivity contribution in [3.63, 3.8) is 0 Å². The van der Waals surface area contributed by atoms with E-state index in [9.17, 15) is 9.18 Å². The van der Waals surface area contributed by atoms with E-state index < -0.39 is 5.82 Å². The molecule has 1 aliphatic heterocycles. The minimum atomic E-state index is -0.401. The van der Waals surface area contributed by atoms with E-state index in [0.29, 0.717) is 31.0 Å². The molecular weight excluding hydrogens is 419 g/mol. The fourth-order valence-corrected chi connectivity index (χ4v) is 4.25. The van der Waals surface area contributed by atoms with Crippen molar-refractivity contribution in [3.05, 3.63) is 77.5 Å². The van der Waals surface area contributed by atoms with Crippen molar-refractivity contribution in [1.82, 2.24) is 24.6 Å². The first kappa shape index (κ1) is 21.1. The van der Waals surface area contributed by atoms with Gasteiger partial charge in [-0.3, -0.25) is 4.79 Å². The molecule has 168 valence electrons. The second-order valence-electron chi connectivity index (χ2n) is 8.37. The van der Waals surface area contributed by atoms with Crippen molar-refractivity contribution in [1.29, 1.82) is 0 Å². The van der Waals surface area contributed by atoms with Crippen LogP contribution < -0.4 is 4.90 Å². The summed E-state index contributed by atoms with van der Waals surface area (Å²) in [5.74, 6) is 0.952. The smallest absolute Gasteiger partial charge is 0.254 e. The van der Waals surface area contributed by atoms with Gasteiger partial charge in [-0.1, -0.05) is 23.8 Å². The summed E-state index contributed by atoms with van der Waals surface area (Å²) in [6.45, 7) is 6.47. The van der Waals surface area contributed by atoms with Crippen LogP contribution in [0, 0.1) is 19.7 Å². The number of carbonyl (C=O) groups is 1. The number of anilines is 1. The van der Waals surface area contributed by atoms with Gasteiger partial charge in [-0.15, -0.1) is 0 Å². The van der Waals surface area contributed by atoms with Crippen LogP contribution in [0.1, 0.15) is 28.2 Å². The first-order valence-electron chi connectivity index (χ1n) is 11.1. The van der Waals surface area contributed by atoms with Crippen LogP contribution in [0.5, 0.6) is 0 Å². The van der Waals surface area contributed by atoms with Crippen LogP contribution in [0.25, 0.3) is 16.7 Å². The zero-order valence-electron chi connectivity index (χ0n) is 18.7. The monoisotopic (exact) mass is 444 g/mol. The Balaban J connectivity index is 1.42. The highest BCUT2D eigenvalue weighted by molar-refractivity contribution is 5.94. The summed E-state index contributed by atoms with van der Waals surface area (Å²) in [6, 6.07) is 14.0. The molecule has 1 amide bonds. The third kappa shape index (κ3) is 4.16. The highest BCUT2D eigenvalue weighted by Gasteiger charge is 2.24. The van der Waals surface area contributed by atoms with Crippen LogP contribution in [0.4, 0.5) is 10.2 Å². The molecule has 4 aromatic rings. The van der Waals surface area contributed by atoms with Gasteiger partial charge in [-0.2, -0.15) is 5.10 Å². The number of fused-ring (bicyclic) bond motifs is 1. The van der Waals surface area contributed by atoms with Crippen LogP contribution in [0.15, 0.2) is 54.7 Å². The van der Waals surface area contributed by atoms with E-state index in [-0.39, 0.29) is 5.91 Å². The van der Waals surface area contributed by atoms with Gasteiger partial charge in [-0.05, 0) is 50.6 Å². The number of aryl methyl sites for hydroxylation is 2. The van der Waals surface area contributed by atoms with Gasteiger partial charge in [0.2, 0.25) is 0 Å². The average molecular weight is 445 g/mol. The SMILES string of the molecule is Cc1ccc(-n2ncc3c(N4CCCN(C(=O)c5cccc(F)c5)CC4)nc(C)nc32)cc1. The van der Waals surface area contributed by atoms with Crippen LogP contribution >= 0.6 is 0 Å². The van der Waals surface area contributed by atoms with E-state index in [1.54, 1.807) is 17.0 Å². The summed E-state index contributed by atoms with van der Waals surface area (Å²) in [5.41, 5.74) is 3.27. The normalized spacial score (nSPS) is 14.5. The lowest BCUT2D eigenvalue weighted by Crippen LogP contribution is -2.35. The Hall–Kier alpha value is -3.81. The van der Waals surface area contributed by atoms with E-state index in [0.717, 1.165) is 35.5 Å². The van der Waals surface area contributed by atoms with E-state index in [2.05, 4.69) is 34.0 Å². The van der Waals surface area contributed by atoms with Crippen molar-refractivity contribution in [3.8, 4) is 5.69 Å². The lowest BCUT2D eigenvalue weighted by Gasteiger charge is -2.23. The van der Waals surface area contributed by atoms with Gasteiger partial charge < -0.3 is 9.80 Å². The van der Waals surface area contributed by atoms with Gasteiger partial charge in [0.15, 0.2) is 5.65 Å². The summed E-state index contributed by atoms with van der Waals surface area (Å²) < 4.78 is 15.4. The molecule has 33 heavy (non-hydrogen) atoms. The Morgan fingerprint density at radius 3 is 2.58 bits per heavy atom. The van der Waals surface area contributed by atoms with Crippen molar-refractivity contribution in [2.75, 3.05) is 31.1 Å². The molecule has 0 saturated carbocycles. The highest BCUT2D eigenvalue weighted by atomic mass is 19.1. The number of amides is 1. The maximum atomic E-state index is 13.6. The molecule has 2 aromatic carbocycles. The first-order chi connectivity index (χ1) is 16.0. The highest BCUT2D eigenvalue weighted by Crippen LogP contribution is 2.27. The zero-order chi connectivity index (χ0) is 22.9. The molecule has 0 N–H and O–H groups in total. The average Bonchev–Trinajstić information content (AvgIpc) is 3.07. The molecule has 0 bridgehead atoms. The van der Waals surface area contributed by atoms with Crippen molar-refractivity contribution < 1.29 is 9.18 Å². The van der Waals surface area contributed by atoms with Crippen LogP contribution in [0.3, 0.4) is 0 Å². The fraction of sp³-hybridized carbons (Fsp3) is 0.280. The van der Waals surface area contributed by atoms with Gasteiger partial charge in [0.05, 0.1) is 17.3 Å². The predicted octanol–water partition coefficient (Wildman–Crippen LogP) is 3.92. The van der Waals surface area contributed by atoms with Gasteiger partial charge in [0.1, 0.15) is 17.5 Å². The summed E-state index contributed by atoms with van der Waals surface area (Å²) in [7, 11) is 0. The number of aromatic nitrogens is 4. The molecule has 0 radical (unpaired) electrons. The van der Waals surface area contributed by atoms with Crippen molar-refractivity contribution in [2.45, 2.75) is 20.3 Å². The molecule has 5 rings (SSSR count). The minimum absolute atomic E-state index is 0.146. The van der Waals surface area contributed by atoms with E-state index in [1.165, 1.54) is 17.7 Å². The van der Waals surface area contributed by atoms with Gasteiger partial charge >= 0.3 is 0 Å². The summed E-state index contributed by atoms with van der Waals surface area (Å²) in [6.07, 6.45) is 2.60. The third-order valence-electron chi connectivity index (χ3n) is 5.95. The molecule has 1 saturated heterocycles. The second kappa shape index (κ2) is 8.61. The topological polar surface area (TPSA) is 67.2 Å². The minimum Gasteiger partial charge on any atom is -0.354 e. The molecule has 0 unspecified atom stereocenters. The molecule has 1 fully saturated rings. The molecule has 8 heteroatoms. The number of hydrogen-bond donors (Lipinski definition) is 0. The van der Waals surface area contributed by atoms with Gasteiger partial charge in [-0.25, -0.2) is 19.0 Å². The molecule has 0 aliphatic carbocycles. The lowest BCUT2D eigenvalue weighted by molar-refractivity contribution is 0.0766. The van der Waals surface area contributed by atoms with Crippen LogP contribution in [0.2, 0.25) is 0 Å². The molecule has 1 aliphatic rings. The maximum absolute atomic E-state index is 13.6. The molecular formula is C25H25FN6O. The second-order valence-corrected chi connectivity index (χ2v) is 8.37. The Labute approximate surface area is 191 Å². The maximum Gasteiger partial charge on any atom is 0.254 e. The Morgan fingerprint density at radius 2 is 1.79 bits per heavy atom. The van der Waals surface area contributed by atoms with Crippen LogP contribution in [-0.4, -0.2) is 56.7 Å². The lowest BCUT2D eigenvalue weighted by atomic mass is 10.2. The predicted molar refractivity (Wildman–Crippen MR) is 125 cm³/mol. The number of halogens is 1.